The van der Waals surface area contributed by atoms with Gasteiger partial charge in [0.25, 0.3) is 0 Å². The second-order valence-electron chi connectivity index (χ2n) is 4.95. The topological polar surface area (TPSA) is 77.4 Å². The van der Waals surface area contributed by atoms with Crippen molar-refractivity contribution in [2.75, 3.05) is 27.7 Å². The van der Waals surface area contributed by atoms with Crippen molar-refractivity contribution >= 4 is 11.8 Å². The molecule has 17 heavy (non-hydrogen) atoms. The lowest BCUT2D eigenvalue weighted by Crippen LogP contribution is -2.43. The highest BCUT2D eigenvalue weighted by atomic mass is 16.4. The van der Waals surface area contributed by atoms with Gasteiger partial charge in [0.05, 0.1) is 21.1 Å². The minimum Gasteiger partial charge on any atom is -0.550 e. The van der Waals surface area contributed by atoms with Gasteiger partial charge in [-0.05, 0) is 0 Å². The first-order valence-electron chi connectivity index (χ1n) is 5.82. The van der Waals surface area contributed by atoms with Gasteiger partial charge in [-0.2, -0.15) is 0 Å². The summed E-state index contributed by atoms with van der Waals surface area (Å²) in [7, 11) is 5.66. The zero-order valence-corrected chi connectivity index (χ0v) is 11.5. The standard InChI is InChI=1S/C7H15NO3.C5H10O/c1-8(2,3)5-6(9)4-7(10)11;1-3-5(6)4-2/h6,9H,4-5H2,1-3H3;3-4H2,1-2H3/t6-;/m1./s1. The predicted octanol–water partition coefficient (Wildman–Crippen LogP) is -0.431. The van der Waals surface area contributed by atoms with Gasteiger partial charge in [0.1, 0.15) is 18.4 Å². The maximum Gasteiger partial charge on any atom is 0.132 e. The van der Waals surface area contributed by atoms with Gasteiger partial charge in [0.2, 0.25) is 0 Å². The highest BCUT2D eigenvalue weighted by Gasteiger charge is 2.14. The normalized spacial score (nSPS) is 12.4. The fourth-order valence-electron chi connectivity index (χ4n) is 1.14. The van der Waals surface area contributed by atoms with E-state index in [1.807, 2.05) is 35.0 Å². The van der Waals surface area contributed by atoms with Gasteiger partial charge in [-0.3, -0.25) is 4.79 Å². The van der Waals surface area contributed by atoms with E-state index < -0.39 is 12.1 Å². The zero-order valence-electron chi connectivity index (χ0n) is 11.5. The van der Waals surface area contributed by atoms with Crippen molar-refractivity contribution in [3.8, 4) is 0 Å². The van der Waals surface area contributed by atoms with E-state index in [0.29, 0.717) is 29.7 Å². The van der Waals surface area contributed by atoms with Crippen LogP contribution in [-0.4, -0.2) is 55.1 Å². The number of carboxylic acid groups (broad SMARTS) is 1. The summed E-state index contributed by atoms with van der Waals surface area (Å²) in [6.45, 7) is 4.19. The van der Waals surface area contributed by atoms with E-state index in [2.05, 4.69) is 0 Å². The molecule has 0 aromatic carbocycles. The van der Waals surface area contributed by atoms with Crippen LogP contribution in [0.3, 0.4) is 0 Å². The van der Waals surface area contributed by atoms with E-state index in [9.17, 15) is 14.7 Å². The van der Waals surface area contributed by atoms with E-state index in [1.165, 1.54) is 0 Å². The van der Waals surface area contributed by atoms with E-state index in [-0.39, 0.29) is 6.42 Å². The molecule has 0 aromatic heterocycles. The summed E-state index contributed by atoms with van der Waals surface area (Å²) in [6, 6.07) is 0. The third-order valence-electron chi connectivity index (χ3n) is 1.95. The number of aliphatic hydroxyl groups is 1. The molecule has 0 amide bonds. The average molecular weight is 247 g/mol. The van der Waals surface area contributed by atoms with Crippen LogP contribution in [0.15, 0.2) is 0 Å². The Labute approximate surface area is 104 Å². The molecule has 1 atom stereocenters. The minimum absolute atomic E-state index is 0.282. The molecule has 0 heterocycles. The number of ketones is 1. The van der Waals surface area contributed by atoms with Gasteiger partial charge < -0.3 is 19.5 Å². The number of Topliss-reactive ketones (excluding diaryl/α,β-unsaturated/α-hetero) is 1. The summed E-state index contributed by atoms with van der Waals surface area (Å²) in [6.07, 6.45) is 0.294. The number of carbonyl (C=O) groups is 2. The summed E-state index contributed by atoms with van der Waals surface area (Å²) in [5, 5.41) is 19.1. The van der Waals surface area contributed by atoms with Crippen LogP contribution in [0, 0.1) is 0 Å². The third kappa shape index (κ3) is 17.7. The van der Waals surface area contributed by atoms with Crippen LogP contribution >= 0.6 is 0 Å². The van der Waals surface area contributed by atoms with Crippen LogP contribution in [-0.2, 0) is 9.59 Å². The molecule has 0 aliphatic rings. The maximum atomic E-state index is 10.2. The molecule has 1 N–H and O–H groups in total. The largest absolute Gasteiger partial charge is 0.550 e. The van der Waals surface area contributed by atoms with Gasteiger partial charge in [0.15, 0.2) is 0 Å². The smallest absolute Gasteiger partial charge is 0.132 e. The first-order valence-corrected chi connectivity index (χ1v) is 5.82. The van der Waals surface area contributed by atoms with Gasteiger partial charge in [0, 0.05) is 25.2 Å². The molecule has 0 saturated heterocycles. The van der Waals surface area contributed by atoms with E-state index in [4.69, 9.17) is 5.11 Å². The van der Waals surface area contributed by atoms with Crippen LogP contribution in [0.2, 0.25) is 0 Å². The second kappa shape index (κ2) is 9.13. The van der Waals surface area contributed by atoms with Crippen LogP contribution in [0.4, 0.5) is 0 Å². The number of quaternary nitrogens is 1. The molecule has 5 heteroatoms. The molecule has 0 aliphatic heterocycles. The molecular weight excluding hydrogens is 222 g/mol. The number of aliphatic carboxylic acids is 1. The van der Waals surface area contributed by atoms with E-state index in [0.717, 1.165) is 0 Å². The lowest BCUT2D eigenvalue weighted by Gasteiger charge is -2.26. The summed E-state index contributed by atoms with van der Waals surface area (Å²) >= 11 is 0. The van der Waals surface area contributed by atoms with Crippen molar-refractivity contribution in [2.45, 2.75) is 39.2 Å². The van der Waals surface area contributed by atoms with Crippen molar-refractivity contribution in [1.82, 2.24) is 0 Å². The lowest BCUT2D eigenvalue weighted by atomic mass is 10.2. The number of likely N-dealkylation sites (N-methyl/N-ethyl adjacent to an activating group) is 1. The molecule has 0 aliphatic carbocycles. The molecule has 0 rings (SSSR count). The molecule has 0 aromatic rings. The number of nitrogens with zero attached hydrogens (tertiary/aromatic N) is 1. The number of carbonyl (C=O) groups excluding carboxylic acids is 2. The number of hydrogen-bond acceptors (Lipinski definition) is 4. The predicted molar refractivity (Wildman–Crippen MR) is 64.1 cm³/mol. The average Bonchev–Trinajstić information content (AvgIpc) is 2.13. The summed E-state index contributed by atoms with van der Waals surface area (Å²) in [5.41, 5.74) is 0. The minimum atomic E-state index is -1.20. The Morgan fingerprint density at radius 2 is 1.59 bits per heavy atom. The van der Waals surface area contributed by atoms with Crippen LogP contribution < -0.4 is 5.11 Å². The third-order valence-corrected chi connectivity index (χ3v) is 1.95. The van der Waals surface area contributed by atoms with Crippen molar-refractivity contribution in [2.24, 2.45) is 0 Å². The molecule has 0 bridgehead atoms. The Morgan fingerprint density at radius 1 is 1.18 bits per heavy atom. The highest BCUT2D eigenvalue weighted by Crippen LogP contribution is 1.97. The molecule has 5 nitrogen and oxygen atoms in total. The zero-order chi connectivity index (χ0) is 14.1. The number of rotatable bonds is 6. The Morgan fingerprint density at radius 3 is 1.76 bits per heavy atom. The monoisotopic (exact) mass is 247 g/mol. The number of hydrogen-bond donors (Lipinski definition) is 1. The molecule has 0 radical (unpaired) electrons. The van der Waals surface area contributed by atoms with Gasteiger partial charge in [-0.1, -0.05) is 13.8 Å². The second-order valence-corrected chi connectivity index (χ2v) is 4.95. The number of carboxylic acids is 1. The molecule has 0 unspecified atom stereocenters. The maximum absolute atomic E-state index is 10.2. The molecule has 0 spiro atoms. The Balaban J connectivity index is 0. The van der Waals surface area contributed by atoms with Crippen molar-refractivity contribution in [3.05, 3.63) is 0 Å². The molecule has 0 fully saturated rings. The summed E-state index contributed by atoms with van der Waals surface area (Å²) in [4.78, 5) is 20.2. The van der Waals surface area contributed by atoms with Crippen molar-refractivity contribution < 1.29 is 24.3 Å². The fourth-order valence-corrected chi connectivity index (χ4v) is 1.14. The molecule has 102 valence electrons. The van der Waals surface area contributed by atoms with Gasteiger partial charge in [-0.25, -0.2) is 0 Å². The first-order chi connectivity index (χ1) is 7.62. The Bertz CT molecular complexity index is 227. The fraction of sp³-hybridized carbons (Fsp3) is 0.833. The van der Waals surface area contributed by atoms with Gasteiger partial charge >= 0.3 is 0 Å². The van der Waals surface area contributed by atoms with Gasteiger partial charge in [-0.15, -0.1) is 0 Å². The SMILES string of the molecule is CCC(=O)CC.C[N+](C)(C)C[C@H](O)CC(=O)[O-]. The quantitative estimate of drug-likeness (QED) is 0.646. The molecular formula is C12H25NO4. The van der Waals surface area contributed by atoms with Crippen molar-refractivity contribution in [1.29, 1.82) is 0 Å². The number of aliphatic hydroxyl groups excluding tert-OH is 1. The Hall–Kier alpha value is -0.940. The summed E-state index contributed by atoms with van der Waals surface area (Å²) < 4.78 is 0.550. The Kier molecular flexibility index (Phi) is 9.89. The van der Waals surface area contributed by atoms with Crippen LogP contribution in [0.1, 0.15) is 33.1 Å². The summed E-state index contributed by atoms with van der Waals surface area (Å²) in [5.74, 6) is -0.860. The molecule has 0 saturated carbocycles. The van der Waals surface area contributed by atoms with E-state index in [1.54, 1.807) is 0 Å². The highest BCUT2D eigenvalue weighted by molar-refractivity contribution is 5.77. The van der Waals surface area contributed by atoms with Crippen molar-refractivity contribution in [3.63, 3.8) is 0 Å². The van der Waals surface area contributed by atoms with Crippen LogP contribution in [0.25, 0.3) is 0 Å². The lowest BCUT2D eigenvalue weighted by molar-refractivity contribution is -0.873. The first kappa shape index (κ1) is 18.4. The van der Waals surface area contributed by atoms with E-state index >= 15 is 0 Å². The van der Waals surface area contributed by atoms with Crippen LogP contribution in [0.5, 0.6) is 0 Å².